The number of ether oxygens (including phenoxy) is 3. The monoisotopic (exact) mass is 962 g/mol. The molecule has 0 radical (unpaired) electrons. The molecule has 2 amide bonds. The molecule has 6 aromatic rings. The number of para-hydroxylation sites is 1. The van der Waals surface area contributed by atoms with Crippen molar-refractivity contribution in [2.24, 2.45) is 13.0 Å². The molecule has 17 nitrogen and oxygen atoms in total. The van der Waals surface area contributed by atoms with Crippen LogP contribution in [-0.2, 0) is 47.7 Å². The number of halogens is 5. The molecule has 3 aliphatic rings. The Morgan fingerprint density at radius 3 is 2.34 bits per heavy atom. The summed E-state index contributed by atoms with van der Waals surface area (Å²) < 4.78 is 62.2. The summed E-state index contributed by atoms with van der Waals surface area (Å²) in [7, 11) is 4.47. The summed E-state index contributed by atoms with van der Waals surface area (Å²) in [5, 5.41) is 12.4. The first-order valence-corrected chi connectivity index (χ1v) is 21.5. The van der Waals surface area contributed by atoms with Crippen molar-refractivity contribution in [3.63, 3.8) is 0 Å². The van der Waals surface area contributed by atoms with Crippen LogP contribution in [0.4, 0.5) is 19.0 Å². The maximum Gasteiger partial charge on any atom is 0.417 e. The van der Waals surface area contributed by atoms with E-state index in [0.29, 0.717) is 50.4 Å². The number of aromatic hydroxyl groups is 1. The fourth-order valence-electron chi connectivity index (χ4n) is 9.76. The van der Waals surface area contributed by atoms with Gasteiger partial charge in [0.25, 0.3) is 17.4 Å². The molecule has 9 rings (SSSR count). The first kappa shape index (κ1) is 45.1. The number of anilines is 1. The molecule has 0 spiro atoms. The number of allylic oxidation sites excluding steroid dienone is 2. The average molecular weight is 964 g/mol. The fourth-order valence-corrected chi connectivity index (χ4v) is 10.1. The Hall–Kier alpha value is -7.06. The number of amides is 2. The Balaban J connectivity index is 1.19. The zero-order chi connectivity index (χ0) is 47.9. The van der Waals surface area contributed by atoms with Crippen LogP contribution in [0.2, 0.25) is 10.0 Å². The second-order valence-corrected chi connectivity index (χ2v) is 16.9. The number of methoxy groups -OCH3 is 2. The molecule has 3 aromatic heterocycles. The van der Waals surface area contributed by atoms with Gasteiger partial charge in [0.2, 0.25) is 0 Å². The molecule has 1 aliphatic carbocycles. The second kappa shape index (κ2) is 16.7. The highest BCUT2D eigenvalue weighted by Gasteiger charge is 2.69. The second-order valence-electron chi connectivity index (χ2n) is 16.1. The highest BCUT2D eigenvalue weighted by Crippen LogP contribution is 2.63. The number of hydrazine groups is 1. The molecule has 0 bridgehead atoms. The maximum absolute atomic E-state index is 15.5. The van der Waals surface area contributed by atoms with Crippen molar-refractivity contribution in [2.45, 2.75) is 56.4 Å². The number of hydrogen-bond acceptors (Lipinski definition) is 12. The standard InChI is InChI=1S/C45H39Cl2F3N8O9/c1-5-67-33-8-6-7-26(37(33)59)36-25-13-16-56-42(63)55(15-14-29-40(61)54(2)32-20-35(66-4)34(65-3)19-30(32)52-29)43(64)58(56)31(25)18-27-39(60)57(41(62)44(27,36)22-9-11-24(46)12-10-22)53-38-28(47)17-23(21-51-38)45(48,49)50/h6-13,17,19-21,27,31,36,59H,5,14-16,18H2,1-4H3,(H,51,53). The Morgan fingerprint density at radius 2 is 1.67 bits per heavy atom. The SMILES string of the molecule is CCOc1cccc(C2C3=CCn4c(=O)n(CCc5nc6cc(OC)c(OC)cc6n(C)c5=O)c(=O)n4C3CC3C(=O)N(Nc4ncc(C(F)(F)F)cc4Cl)C(=O)C32c2ccc(Cl)cc2)c1O. The van der Waals surface area contributed by atoms with E-state index in [1.54, 1.807) is 56.4 Å². The van der Waals surface area contributed by atoms with Gasteiger partial charge in [-0.25, -0.2) is 33.5 Å². The molecule has 4 atom stereocenters. The number of phenols is 1. The molecule has 1 saturated heterocycles. The minimum Gasteiger partial charge on any atom is -0.504 e. The third-order valence-electron chi connectivity index (χ3n) is 12.8. The third-order valence-corrected chi connectivity index (χ3v) is 13.3. The van der Waals surface area contributed by atoms with Crippen molar-refractivity contribution in [3.8, 4) is 23.0 Å². The predicted molar refractivity (Wildman–Crippen MR) is 237 cm³/mol. The average Bonchev–Trinajstić information content (AvgIpc) is 3.67. The Bertz CT molecular complexity index is 3260. The largest absolute Gasteiger partial charge is 0.504 e. The summed E-state index contributed by atoms with van der Waals surface area (Å²) in [4.78, 5) is 81.5. The summed E-state index contributed by atoms with van der Waals surface area (Å²) in [6.07, 6.45) is -3.04. The van der Waals surface area contributed by atoms with Crippen LogP contribution >= 0.6 is 23.2 Å². The number of aromatic nitrogens is 6. The van der Waals surface area contributed by atoms with Crippen molar-refractivity contribution < 1.29 is 42.1 Å². The molecular formula is C45H39Cl2F3N8O9. The molecule has 1 saturated carbocycles. The van der Waals surface area contributed by atoms with Gasteiger partial charge in [0.15, 0.2) is 28.8 Å². The van der Waals surface area contributed by atoms with E-state index in [4.69, 9.17) is 37.4 Å². The van der Waals surface area contributed by atoms with Crippen LogP contribution in [0.15, 0.2) is 92.9 Å². The molecule has 2 N–H and O–H groups in total. The van der Waals surface area contributed by atoms with E-state index >= 15 is 9.59 Å². The van der Waals surface area contributed by atoms with Gasteiger partial charge in [0.1, 0.15) is 5.69 Å². The van der Waals surface area contributed by atoms with Gasteiger partial charge < -0.3 is 23.9 Å². The van der Waals surface area contributed by atoms with Crippen LogP contribution in [0.1, 0.15) is 47.7 Å². The smallest absolute Gasteiger partial charge is 0.417 e. The number of carbonyl (C=O) groups is 2. The van der Waals surface area contributed by atoms with Gasteiger partial charge in [0, 0.05) is 54.8 Å². The van der Waals surface area contributed by atoms with Crippen LogP contribution in [0, 0.1) is 5.92 Å². The van der Waals surface area contributed by atoms with Crippen molar-refractivity contribution in [3.05, 3.63) is 142 Å². The van der Waals surface area contributed by atoms with Crippen molar-refractivity contribution >= 4 is 51.9 Å². The topological polar surface area (TPSA) is 194 Å². The molecule has 2 fully saturated rings. The molecule has 22 heteroatoms. The summed E-state index contributed by atoms with van der Waals surface area (Å²) in [5.74, 6) is -4.41. The van der Waals surface area contributed by atoms with Crippen LogP contribution in [0.25, 0.3) is 11.0 Å². The van der Waals surface area contributed by atoms with Gasteiger partial charge in [0.05, 0.1) is 66.4 Å². The minimum atomic E-state index is -4.80. The maximum atomic E-state index is 15.5. The minimum absolute atomic E-state index is 0.0556. The van der Waals surface area contributed by atoms with E-state index in [-0.39, 0.29) is 60.9 Å². The highest BCUT2D eigenvalue weighted by molar-refractivity contribution is 6.33. The van der Waals surface area contributed by atoms with Crippen LogP contribution < -0.4 is 36.6 Å². The number of alkyl halides is 3. The molecule has 5 heterocycles. The number of hydrogen-bond donors (Lipinski definition) is 2. The quantitative estimate of drug-likeness (QED) is 0.118. The first-order valence-electron chi connectivity index (χ1n) is 20.8. The number of fused-ring (bicyclic) bond motifs is 5. The number of nitrogens with zero attached hydrogens (tertiary/aromatic N) is 7. The number of pyridine rings is 1. The number of phenolic OH excluding ortho intramolecular Hbond substituents is 1. The van der Waals surface area contributed by atoms with E-state index in [2.05, 4.69) is 15.4 Å². The number of benzene rings is 3. The molecule has 3 aromatic carbocycles. The van der Waals surface area contributed by atoms with E-state index < -0.39 is 74.6 Å². The van der Waals surface area contributed by atoms with E-state index in [0.717, 1.165) is 4.57 Å². The zero-order valence-corrected chi connectivity index (χ0v) is 37.4. The predicted octanol–water partition coefficient (Wildman–Crippen LogP) is 5.76. The normalized spacial score (nSPS) is 20.0. The molecule has 67 heavy (non-hydrogen) atoms. The lowest BCUT2D eigenvalue weighted by molar-refractivity contribution is -0.139. The molecule has 348 valence electrons. The summed E-state index contributed by atoms with van der Waals surface area (Å²) in [6, 6.07) is 13.5. The Kier molecular flexibility index (Phi) is 11.2. The summed E-state index contributed by atoms with van der Waals surface area (Å²) in [5.41, 5.74) is -0.832. The Labute approximate surface area is 387 Å². The van der Waals surface area contributed by atoms with Gasteiger partial charge in [-0.1, -0.05) is 53.5 Å². The summed E-state index contributed by atoms with van der Waals surface area (Å²) in [6.45, 7) is 1.39. The van der Waals surface area contributed by atoms with Crippen molar-refractivity contribution in [1.82, 2.24) is 33.5 Å². The number of imide groups is 1. The number of carbonyl (C=O) groups excluding carboxylic acids is 2. The molecular weight excluding hydrogens is 924 g/mol. The summed E-state index contributed by atoms with van der Waals surface area (Å²) >= 11 is 12.7. The van der Waals surface area contributed by atoms with E-state index in [1.807, 2.05) is 0 Å². The van der Waals surface area contributed by atoms with Crippen molar-refractivity contribution in [1.29, 1.82) is 0 Å². The van der Waals surface area contributed by atoms with Crippen LogP contribution in [-0.4, -0.2) is 71.2 Å². The van der Waals surface area contributed by atoms with Gasteiger partial charge in [-0.15, -0.1) is 0 Å². The number of nitrogens with one attached hydrogen (secondary N) is 1. The molecule has 4 unspecified atom stereocenters. The van der Waals surface area contributed by atoms with E-state index in [9.17, 15) is 32.7 Å². The highest BCUT2D eigenvalue weighted by atomic mass is 35.5. The van der Waals surface area contributed by atoms with Crippen molar-refractivity contribution in [2.75, 3.05) is 26.3 Å². The lowest BCUT2D eigenvalue weighted by atomic mass is 9.53. The van der Waals surface area contributed by atoms with Gasteiger partial charge >= 0.3 is 17.6 Å². The van der Waals surface area contributed by atoms with Gasteiger partial charge in [-0.3, -0.25) is 19.8 Å². The Morgan fingerprint density at radius 1 is 0.955 bits per heavy atom. The van der Waals surface area contributed by atoms with Gasteiger partial charge in [-0.05, 0) is 48.7 Å². The van der Waals surface area contributed by atoms with Gasteiger partial charge in [-0.2, -0.15) is 18.2 Å². The molecule has 2 aliphatic heterocycles. The lowest BCUT2D eigenvalue weighted by Gasteiger charge is -2.49. The zero-order valence-electron chi connectivity index (χ0n) is 35.9. The van der Waals surface area contributed by atoms with E-state index in [1.165, 1.54) is 46.3 Å². The lowest BCUT2D eigenvalue weighted by Crippen LogP contribution is -2.53. The first-order chi connectivity index (χ1) is 32.0. The van der Waals surface area contributed by atoms with Crippen LogP contribution in [0.5, 0.6) is 23.0 Å². The number of aryl methyl sites for hydroxylation is 2. The number of rotatable bonds is 11. The van der Waals surface area contributed by atoms with Crippen LogP contribution in [0.3, 0.4) is 0 Å². The third kappa shape index (κ3) is 7.02. The fraction of sp³-hybridized carbons (Fsp3) is 0.311.